The van der Waals surface area contributed by atoms with E-state index in [1.54, 1.807) is 0 Å². The molecule has 0 spiro atoms. The second kappa shape index (κ2) is 18.6. The summed E-state index contributed by atoms with van der Waals surface area (Å²) in [5, 5.41) is 10.1. The highest BCUT2D eigenvalue weighted by Crippen LogP contribution is 2.51. The molecule has 4 nitrogen and oxygen atoms in total. The second-order valence-corrected chi connectivity index (χ2v) is 24.1. The summed E-state index contributed by atoms with van der Waals surface area (Å²) in [4.78, 5) is 4.99. The van der Waals surface area contributed by atoms with Crippen LogP contribution in [0.15, 0.2) is 144 Å². The summed E-state index contributed by atoms with van der Waals surface area (Å²) < 4.78 is 5.12. The van der Waals surface area contributed by atoms with E-state index >= 15 is 0 Å². The summed E-state index contributed by atoms with van der Waals surface area (Å²) >= 11 is 0. The van der Waals surface area contributed by atoms with E-state index < -0.39 is 0 Å². The highest BCUT2D eigenvalue weighted by atomic mass is 15.1. The average Bonchev–Trinajstić information content (AvgIpc) is 3.63. The van der Waals surface area contributed by atoms with Gasteiger partial charge in [0.25, 0.3) is 0 Å². The molecule has 4 heterocycles. The lowest BCUT2D eigenvalue weighted by Gasteiger charge is -2.30. The normalized spacial score (nSPS) is 13.1. The van der Waals surface area contributed by atoms with Gasteiger partial charge in [0, 0.05) is 71.9 Å². The van der Waals surface area contributed by atoms with Gasteiger partial charge >= 0.3 is 0 Å². The van der Waals surface area contributed by atoms with Crippen LogP contribution in [0.5, 0.6) is 0 Å². The van der Waals surface area contributed by atoms with Crippen molar-refractivity contribution >= 4 is 105 Å². The molecule has 0 saturated heterocycles. The molecule has 0 saturated carbocycles. The van der Waals surface area contributed by atoms with Crippen molar-refractivity contribution in [2.75, 3.05) is 9.80 Å². The van der Waals surface area contributed by atoms with E-state index in [-0.39, 0.29) is 5.92 Å². The fraction of sp³-hybridized carbons (Fsp3) is 0.270. The van der Waals surface area contributed by atoms with Crippen LogP contribution in [0.4, 0.5) is 28.4 Å². The minimum Gasteiger partial charge on any atom is -0.316 e. The SMILES string of the molecule is C#C/C(C)=C(\C(C)=C/N(c1cc(C)c(C(C)C)c(C)c1)c1cccc2c1c1cccc3c4cc5c(cc4n2c31)c1cccc2c3c(N(c4cc(C)c(C(C)C)c(C)c4)c4cc(C)c(C(C)C)c(C)c4)cccc3n5c12)C(C)C. The molecule has 0 atom stereocenters. The zero-order valence-electron chi connectivity index (χ0n) is 48.8. The smallest absolute Gasteiger partial charge is 0.0621 e. The maximum absolute atomic E-state index is 6.12. The van der Waals surface area contributed by atoms with Gasteiger partial charge in [0.05, 0.1) is 44.5 Å². The number of fused-ring (bicyclic) bond motifs is 12. The minimum atomic E-state index is 0.264. The number of hydrogen-bond donors (Lipinski definition) is 0. The fourth-order valence-corrected chi connectivity index (χ4v) is 15.1. The van der Waals surface area contributed by atoms with E-state index in [1.165, 1.54) is 154 Å². The number of terminal acetylenes is 1. The predicted molar refractivity (Wildman–Crippen MR) is 340 cm³/mol. The van der Waals surface area contributed by atoms with Crippen molar-refractivity contribution in [2.45, 2.75) is 129 Å². The molecule has 0 bridgehead atoms. The Hall–Kier alpha value is -8.00. The van der Waals surface area contributed by atoms with Crippen molar-refractivity contribution in [2.24, 2.45) is 5.92 Å². The Morgan fingerprint density at radius 3 is 1.22 bits per heavy atom. The van der Waals surface area contributed by atoms with Crippen LogP contribution in [0.2, 0.25) is 0 Å². The zero-order chi connectivity index (χ0) is 55.1. The van der Waals surface area contributed by atoms with Crippen LogP contribution in [0.1, 0.15) is 137 Å². The molecule has 78 heavy (non-hydrogen) atoms. The number of rotatable bonds is 11. The third-order valence-electron chi connectivity index (χ3n) is 17.5. The lowest BCUT2D eigenvalue weighted by molar-refractivity contribution is 0.769. The Morgan fingerprint density at radius 2 is 0.821 bits per heavy atom. The molecule has 12 rings (SSSR count). The number of aromatic nitrogens is 2. The van der Waals surface area contributed by atoms with E-state index in [0.717, 1.165) is 16.9 Å². The predicted octanol–water partition coefficient (Wildman–Crippen LogP) is 21.3. The number of para-hydroxylation sites is 2. The quantitative estimate of drug-likeness (QED) is 0.0948. The Bertz CT molecular complexity index is 4420. The first-order valence-electron chi connectivity index (χ1n) is 28.4. The molecular formula is C74H74N4. The molecule has 0 aliphatic carbocycles. The highest BCUT2D eigenvalue weighted by molar-refractivity contribution is 6.31. The van der Waals surface area contributed by atoms with Crippen molar-refractivity contribution in [3.63, 3.8) is 0 Å². The number of hydrogen-bond acceptors (Lipinski definition) is 2. The number of aryl methyl sites for hydroxylation is 6. The van der Waals surface area contributed by atoms with Gasteiger partial charge in [0.1, 0.15) is 0 Å². The highest BCUT2D eigenvalue weighted by Gasteiger charge is 2.28. The summed E-state index contributed by atoms with van der Waals surface area (Å²) in [6.07, 6.45) is 8.46. The summed E-state index contributed by atoms with van der Waals surface area (Å²) in [7, 11) is 0. The van der Waals surface area contributed by atoms with Crippen molar-refractivity contribution in [3.8, 4) is 12.3 Å². The van der Waals surface area contributed by atoms with E-state index in [9.17, 15) is 0 Å². The topological polar surface area (TPSA) is 15.3 Å². The zero-order valence-corrected chi connectivity index (χ0v) is 48.8. The standard InChI is InChI=1S/C74H74N4/c1-18-44(10)67(40(2)3)51(17)39-75(52-31-45(11)68(41(4)5)46(12)32-52)61-27-21-29-63-71(61)57-25-19-23-55-59-38-66-60(37-65(59)77(63)73(55)57)56-24-20-26-58-72-62(28-22-30-64(72)78(66)74(56)58)76(53-33-47(13)69(42(6)7)48(14)34-53)54-35-49(15)70(43(8)9)50(16)36-54/h1,19-43H,2-17H3/b51-39-,67-44-. The van der Waals surface area contributed by atoms with Crippen LogP contribution in [0, 0.1) is 59.8 Å². The molecule has 0 radical (unpaired) electrons. The van der Waals surface area contributed by atoms with Crippen molar-refractivity contribution in [1.82, 2.24) is 8.80 Å². The van der Waals surface area contributed by atoms with Gasteiger partial charge in [-0.2, -0.15) is 0 Å². The second-order valence-electron chi connectivity index (χ2n) is 24.1. The number of benzene rings is 8. The van der Waals surface area contributed by atoms with Crippen LogP contribution in [0.3, 0.4) is 0 Å². The van der Waals surface area contributed by atoms with Crippen molar-refractivity contribution < 1.29 is 0 Å². The van der Waals surface area contributed by atoms with Crippen LogP contribution in [-0.4, -0.2) is 8.80 Å². The van der Waals surface area contributed by atoms with Gasteiger partial charge in [0.2, 0.25) is 0 Å². The van der Waals surface area contributed by atoms with Crippen LogP contribution < -0.4 is 9.80 Å². The summed E-state index contributed by atoms with van der Waals surface area (Å²) in [5.74, 6) is 4.55. The van der Waals surface area contributed by atoms with E-state index in [2.05, 4.69) is 263 Å². The molecule has 0 unspecified atom stereocenters. The van der Waals surface area contributed by atoms with Crippen molar-refractivity contribution in [1.29, 1.82) is 0 Å². The Labute approximate surface area is 462 Å². The van der Waals surface area contributed by atoms with Crippen molar-refractivity contribution in [3.05, 3.63) is 194 Å². The van der Waals surface area contributed by atoms with Gasteiger partial charge in [-0.25, -0.2) is 0 Å². The molecule has 390 valence electrons. The first kappa shape index (κ1) is 50.8. The summed E-state index contributed by atoms with van der Waals surface area (Å²) in [6.45, 7) is 36.3. The molecule has 0 aliphatic rings. The van der Waals surface area contributed by atoms with E-state index in [0.29, 0.717) is 17.8 Å². The Kier molecular flexibility index (Phi) is 12.1. The van der Waals surface area contributed by atoms with Gasteiger partial charge in [-0.1, -0.05) is 110 Å². The monoisotopic (exact) mass is 1020 g/mol. The van der Waals surface area contributed by atoms with Crippen LogP contribution in [0.25, 0.3) is 76.2 Å². The summed E-state index contributed by atoms with van der Waals surface area (Å²) in [5.41, 5.74) is 28.8. The molecule has 0 amide bonds. The van der Waals surface area contributed by atoms with E-state index in [4.69, 9.17) is 6.42 Å². The lowest BCUT2D eigenvalue weighted by atomic mass is 9.91. The maximum Gasteiger partial charge on any atom is 0.0621 e. The third-order valence-corrected chi connectivity index (χ3v) is 17.5. The minimum absolute atomic E-state index is 0.264. The molecule has 0 fully saturated rings. The Morgan fingerprint density at radius 1 is 0.449 bits per heavy atom. The fourth-order valence-electron chi connectivity index (χ4n) is 15.1. The molecule has 0 N–H and O–H groups in total. The maximum atomic E-state index is 6.12. The average molecular weight is 1020 g/mol. The van der Waals surface area contributed by atoms with Gasteiger partial charge in [-0.05, 0) is 213 Å². The Balaban J connectivity index is 1.12. The first-order valence-corrected chi connectivity index (χ1v) is 28.4. The largest absolute Gasteiger partial charge is 0.316 e. The first-order chi connectivity index (χ1) is 37.3. The number of nitrogens with zero attached hydrogens (tertiary/aromatic N) is 4. The number of allylic oxidation sites excluding steroid dienone is 3. The van der Waals surface area contributed by atoms with Crippen LogP contribution >= 0.6 is 0 Å². The molecule has 4 aromatic heterocycles. The molecule has 12 aromatic rings. The van der Waals surface area contributed by atoms with Gasteiger partial charge in [-0.3, -0.25) is 0 Å². The van der Waals surface area contributed by atoms with E-state index in [1.807, 2.05) is 0 Å². The number of anilines is 5. The van der Waals surface area contributed by atoms with Crippen LogP contribution in [-0.2, 0) is 0 Å². The third kappa shape index (κ3) is 7.48. The molecule has 4 heteroatoms. The lowest BCUT2D eigenvalue weighted by Crippen LogP contribution is -2.13. The molecule has 8 aromatic carbocycles. The van der Waals surface area contributed by atoms with Gasteiger partial charge < -0.3 is 18.6 Å². The molecular weight excluding hydrogens is 945 g/mol. The van der Waals surface area contributed by atoms with Gasteiger partial charge in [0.15, 0.2) is 0 Å². The van der Waals surface area contributed by atoms with Gasteiger partial charge in [-0.15, -0.1) is 6.42 Å². The summed E-state index contributed by atoms with van der Waals surface area (Å²) in [6, 6.07) is 47.2. The molecule has 0 aliphatic heterocycles.